The lowest BCUT2D eigenvalue weighted by molar-refractivity contribution is -0.140. The molecular weight excluding hydrogens is 749 g/mol. The normalized spacial score (nSPS) is 17.0. The lowest BCUT2D eigenvalue weighted by Crippen LogP contribution is -2.34. The van der Waals surface area contributed by atoms with Crippen LogP contribution >= 0.6 is 11.8 Å². The quantitative estimate of drug-likeness (QED) is 0.0977. The van der Waals surface area contributed by atoms with Crippen LogP contribution in [-0.4, -0.2) is 64.9 Å². The molecule has 0 bridgehead atoms. The number of allylic oxidation sites excluding steroid dienone is 8. The summed E-state index contributed by atoms with van der Waals surface area (Å²) in [5, 5.41) is 2.26. The van der Waals surface area contributed by atoms with Gasteiger partial charge in [-0.15, -0.1) is 6.58 Å². The van der Waals surface area contributed by atoms with Gasteiger partial charge in [0, 0.05) is 18.8 Å². The third-order valence-corrected chi connectivity index (χ3v) is 8.73. The molecule has 3 aliphatic rings. The average Bonchev–Trinajstić information content (AvgIpc) is 3.75. The van der Waals surface area contributed by atoms with Crippen LogP contribution in [0.15, 0.2) is 108 Å². The van der Waals surface area contributed by atoms with E-state index < -0.39 is 22.8 Å². The second-order valence-corrected chi connectivity index (χ2v) is 12.3. The maximum atomic E-state index is 13.5. The predicted octanol–water partition coefficient (Wildman–Crippen LogP) is 11.2. The molecule has 9 nitrogen and oxygen atoms in total. The minimum absolute atomic E-state index is 0.0359. The number of benzene rings is 1. The number of nitrogens with zero attached hydrogens (tertiary/aromatic N) is 3. The number of likely N-dealkylation sites (tertiary alicyclic amines) is 1. The van der Waals surface area contributed by atoms with Crippen LogP contribution in [0, 0.1) is 5.82 Å². The minimum atomic E-state index is -4.85. The maximum absolute atomic E-state index is 13.5. The van der Waals surface area contributed by atoms with Crippen LogP contribution in [0.3, 0.4) is 0 Å². The summed E-state index contributed by atoms with van der Waals surface area (Å²) in [5.74, 6) is -1.23. The van der Waals surface area contributed by atoms with Gasteiger partial charge in [0.1, 0.15) is 18.2 Å². The monoisotopic (exact) mass is 806 g/mol. The maximum Gasteiger partial charge on any atom is 0.419 e. The summed E-state index contributed by atoms with van der Waals surface area (Å²) >= 11 is 1.11. The van der Waals surface area contributed by atoms with Crippen molar-refractivity contribution in [1.29, 1.82) is 0 Å². The SMILES string of the molecule is C/C=C(\CC)NC=O.C=CCC1SC(=Nc2ccc(F)c(C(F)(F)F)c2)N(C/C(=C/C)OC=C)C1=O.CC.CC.O=C(OCC1=CCC=CC=C1)N1CCCC1. The predicted molar refractivity (Wildman–Crippen MR) is 221 cm³/mol. The van der Waals surface area contributed by atoms with Crippen molar-refractivity contribution in [2.75, 3.05) is 26.2 Å². The van der Waals surface area contributed by atoms with E-state index in [2.05, 4.69) is 35.6 Å². The second kappa shape index (κ2) is 29.4. The van der Waals surface area contributed by atoms with Crippen molar-refractivity contribution < 1.29 is 41.4 Å². The summed E-state index contributed by atoms with van der Waals surface area (Å²) in [6.45, 7) is 22.8. The van der Waals surface area contributed by atoms with Crippen LogP contribution in [-0.2, 0) is 25.2 Å². The number of rotatable bonds is 12. The Balaban J connectivity index is 0.000000904. The molecule has 1 unspecified atom stereocenters. The summed E-state index contributed by atoms with van der Waals surface area (Å²) in [5.41, 5.74) is 0.513. The van der Waals surface area contributed by atoms with Crippen LogP contribution in [0.5, 0.6) is 0 Å². The van der Waals surface area contributed by atoms with Gasteiger partial charge in [-0.25, -0.2) is 14.2 Å². The van der Waals surface area contributed by atoms with E-state index in [9.17, 15) is 31.9 Å². The van der Waals surface area contributed by atoms with E-state index in [4.69, 9.17) is 9.47 Å². The average molecular weight is 807 g/mol. The van der Waals surface area contributed by atoms with Crippen LogP contribution in [0.1, 0.15) is 86.1 Å². The lowest BCUT2D eigenvalue weighted by atomic mass is 10.2. The van der Waals surface area contributed by atoms with Gasteiger partial charge in [-0.05, 0) is 75.8 Å². The Labute approximate surface area is 334 Å². The molecule has 0 saturated carbocycles. The zero-order chi connectivity index (χ0) is 42.5. The third kappa shape index (κ3) is 18.7. The molecule has 14 heteroatoms. The van der Waals surface area contributed by atoms with Gasteiger partial charge in [0.2, 0.25) is 12.3 Å². The number of carbonyl (C=O) groups excluding carboxylic acids is 3. The number of ether oxygens (including phenoxy) is 2. The molecule has 2 fully saturated rings. The van der Waals surface area contributed by atoms with Gasteiger partial charge < -0.3 is 19.7 Å². The van der Waals surface area contributed by atoms with Crippen LogP contribution in [0.2, 0.25) is 0 Å². The number of amides is 3. The Morgan fingerprint density at radius 1 is 1.09 bits per heavy atom. The summed E-state index contributed by atoms with van der Waals surface area (Å²) in [6.07, 6.45) is 16.4. The fraction of sp³-hybridized carbons (Fsp3) is 0.429. The van der Waals surface area contributed by atoms with Crippen molar-refractivity contribution >= 4 is 41.0 Å². The molecule has 3 amide bonds. The number of amidine groups is 1. The molecule has 1 N–H and O–H groups in total. The fourth-order valence-electron chi connectivity index (χ4n) is 4.74. The van der Waals surface area contributed by atoms with Crippen molar-refractivity contribution in [1.82, 2.24) is 15.1 Å². The number of hydrogen-bond acceptors (Lipinski definition) is 7. The van der Waals surface area contributed by atoms with Gasteiger partial charge in [0.05, 0.1) is 29.3 Å². The van der Waals surface area contributed by atoms with Gasteiger partial charge in [0.15, 0.2) is 5.17 Å². The van der Waals surface area contributed by atoms with Crippen molar-refractivity contribution in [2.24, 2.45) is 4.99 Å². The number of alkyl halides is 3. The number of nitrogens with one attached hydrogen (secondary N) is 1. The molecule has 56 heavy (non-hydrogen) atoms. The highest BCUT2D eigenvalue weighted by molar-refractivity contribution is 8.15. The molecule has 2 heterocycles. The first-order chi connectivity index (χ1) is 26.9. The molecule has 0 aromatic heterocycles. The van der Waals surface area contributed by atoms with Crippen molar-refractivity contribution in [2.45, 2.75) is 92.0 Å². The molecule has 0 spiro atoms. The number of halogens is 4. The Bertz CT molecular complexity index is 1580. The Kier molecular flexibility index (Phi) is 26.9. The zero-order valence-corrected chi connectivity index (χ0v) is 34.5. The van der Waals surface area contributed by atoms with Gasteiger partial charge in [0.25, 0.3) is 0 Å². The fourth-order valence-corrected chi connectivity index (χ4v) is 5.90. The smallest absolute Gasteiger partial charge is 0.419 e. The molecule has 1 atom stereocenters. The van der Waals surface area contributed by atoms with Crippen molar-refractivity contribution in [3.8, 4) is 0 Å². The minimum Gasteiger partial charge on any atom is -0.468 e. The van der Waals surface area contributed by atoms with Gasteiger partial charge >= 0.3 is 12.3 Å². The number of thioether (sulfide) groups is 1. The van der Waals surface area contributed by atoms with E-state index in [1.807, 2.05) is 65.8 Å². The Morgan fingerprint density at radius 3 is 2.30 bits per heavy atom. The molecule has 1 aromatic rings. The Hall–Kier alpha value is -4.85. The summed E-state index contributed by atoms with van der Waals surface area (Å²) in [6, 6.07) is 2.44. The number of carbonyl (C=O) groups is 3. The largest absolute Gasteiger partial charge is 0.468 e. The van der Waals surface area contributed by atoms with Crippen LogP contribution < -0.4 is 5.32 Å². The molecule has 0 radical (unpaired) electrons. The molecule has 1 aromatic carbocycles. The molecular formula is C42H58F4N4O5S. The van der Waals surface area contributed by atoms with E-state index in [1.54, 1.807) is 24.0 Å². The van der Waals surface area contributed by atoms with Crippen LogP contribution in [0.25, 0.3) is 0 Å². The zero-order valence-electron chi connectivity index (χ0n) is 33.7. The summed E-state index contributed by atoms with van der Waals surface area (Å²) in [7, 11) is 0. The molecule has 4 rings (SSSR count). The summed E-state index contributed by atoms with van der Waals surface area (Å²) < 4.78 is 62.8. The third-order valence-electron chi connectivity index (χ3n) is 7.53. The van der Waals surface area contributed by atoms with E-state index >= 15 is 0 Å². The molecule has 2 saturated heterocycles. The molecule has 2 aliphatic heterocycles. The van der Waals surface area contributed by atoms with Crippen LogP contribution in [0.4, 0.5) is 28.0 Å². The van der Waals surface area contributed by atoms with Gasteiger partial charge in [-0.1, -0.05) is 95.5 Å². The number of aliphatic imine (C=N–C) groups is 1. The van der Waals surface area contributed by atoms with Crippen molar-refractivity contribution in [3.05, 3.63) is 115 Å². The van der Waals surface area contributed by atoms with E-state index in [0.717, 1.165) is 67.9 Å². The lowest BCUT2D eigenvalue weighted by Gasteiger charge is -2.18. The standard InChI is InChI=1S/C19H18F4N2O2S.C13H17NO2.C6H11NO.2C2H6/c1-4-7-16-17(26)25(11-13(5-2)27-6-3)18(28-16)24-12-8-9-15(20)14(10-12)19(21,22)23;15-13(14-9-5-6-10-14)16-11-12-7-3-1-2-4-8-12;1-3-6(4-2)7-5-8;2*1-2/h4-6,8-10,16H,1,3,7,11H2,2H3;1-3,7-8H,4-6,9-11H2;3,5H,4H2,1-2H3,(H,7,8);2*1-2H3/b13-5-,24-18?;;6-3+;;. The van der Waals surface area contributed by atoms with E-state index in [1.165, 1.54) is 11.2 Å². The van der Waals surface area contributed by atoms with E-state index in [-0.39, 0.29) is 29.4 Å². The highest BCUT2D eigenvalue weighted by Crippen LogP contribution is 2.36. The first-order valence-electron chi connectivity index (χ1n) is 18.7. The van der Waals surface area contributed by atoms with Gasteiger partial charge in [-0.2, -0.15) is 13.2 Å². The molecule has 1 aliphatic carbocycles. The topological polar surface area (TPSA) is 101 Å². The Morgan fingerprint density at radius 2 is 1.77 bits per heavy atom. The van der Waals surface area contributed by atoms with Crippen molar-refractivity contribution in [3.63, 3.8) is 0 Å². The first kappa shape index (κ1) is 51.1. The highest BCUT2D eigenvalue weighted by atomic mass is 32.2. The molecule has 310 valence electrons. The van der Waals surface area contributed by atoms with Gasteiger partial charge in [-0.3, -0.25) is 14.5 Å². The summed E-state index contributed by atoms with van der Waals surface area (Å²) in [4.78, 5) is 41.3. The number of hydrogen-bond donors (Lipinski definition) is 1. The first-order valence-corrected chi connectivity index (χ1v) is 19.6. The second-order valence-electron chi connectivity index (χ2n) is 11.1. The highest BCUT2D eigenvalue weighted by Gasteiger charge is 2.38. The van der Waals surface area contributed by atoms with E-state index in [0.29, 0.717) is 37.3 Å².